The molecule has 0 spiro atoms. The molecule has 0 aliphatic heterocycles. The molecule has 0 saturated heterocycles. The van der Waals surface area contributed by atoms with Crippen LogP contribution in [0.1, 0.15) is 125 Å². The molecule has 2 heterocycles. The third-order valence-electron chi connectivity index (χ3n) is 9.61. The predicted octanol–water partition coefficient (Wildman–Crippen LogP) is 10.2. The number of sulfone groups is 1. The number of anilines is 1. The first kappa shape index (κ1) is 46.7. The van der Waals surface area contributed by atoms with Crippen LogP contribution in [0.2, 0.25) is 0 Å². The number of aromatic nitrogens is 3. The van der Waals surface area contributed by atoms with Crippen molar-refractivity contribution in [2.45, 2.75) is 147 Å². The van der Waals surface area contributed by atoms with Gasteiger partial charge in [-0.1, -0.05) is 6.07 Å². The summed E-state index contributed by atoms with van der Waals surface area (Å²) in [5.74, 6) is -3.11. The van der Waals surface area contributed by atoms with Gasteiger partial charge in [-0.25, -0.2) is 36.6 Å². The van der Waals surface area contributed by atoms with Crippen molar-refractivity contribution in [1.82, 2.24) is 20.1 Å². The topological polar surface area (TPSA) is 168 Å². The lowest BCUT2D eigenvalue weighted by Gasteiger charge is -2.31. The zero-order chi connectivity index (χ0) is 45.4. The van der Waals surface area contributed by atoms with Crippen molar-refractivity contribution in [2.75, 3.05) is 12.0 Å². The van der Waals surface area contributed by atoms with E-state index in [-0.39, 0.29) is 45.1 Å². The van der Waals surface area contributed by atoms with Gasteiger partial charge in [-0.3, -0.25) is 4.68 Å². The third kappa shape index (κ3) is 11.3. The summed E-state index contributed by atoms with van der Waals surface area (Å²) in [5, 5.41) is 7.80. The molecule has 3 amide bonds. The van der Waals surface area contributed by atoms with E-state index in [1.807, 2.05) is 13.8 Å². The highest BCUT2D eigenvalue weighted by Gasteiger charge is 2.39. The molecule has 1 N–H and O–H groups in total. The maximum atomic E-state index is 16.7. The molecule has 0 unspecified atom stereocenters. The molecule has 1 saturated carbocycles. The number of nitrogens with zero attached hydrogens (tertiary/aromatic N) is 4. The van der Waals surface area contributed by atoms with E-state index in [0.29, 0.717) is 41.7 Å². The van der Waals surface area contributed by atoms with Gasteiger partial charge in [0.2, 0.25) is 0 Å². The van der Waals surface area contributed by atoms with Crippen molar-refractivity contribution >= 4 is 44.8 Å². The van der Waals surface area contributed by atoms with E-state index < -0.39 is 73.9 Å². The first-order valence-electron chi connectivity index (χ1n) is 20.2. The number of ether oxygens (including phenoxy) is 4. The quantitative estimate of drug-likeness (QED) is 0.159. The van der Waals surface area contributed by atoms with E-state index in [4.69, 9.17) is 29.0 Å². The number of rotatable bonds is 9. The van der Waals surface area contributed by atoms with E-state index in [1.165, 1.54) is 25.3 Å². The Morgan fingerprint density at radius 3 is 2.00 bits per heavy atom. The van der Waals surface area contributed by atoms with E-state index >= 15 is 8.78 Å². The number of amides is 3. The van der Waals surface area contributed by atoms with Crippen LogP contribution in [0.5, 0.6) is 5.75 Å². The highest BCUT2D eigenvalue weighted by atomic mass is 32.2. The molecular weight excluding hydrogens is 813 g/mol. The fourth-order valence-electron chi connectivity index (χ4n) is 7.06. The second-order valence-electron chi connectivity index (χ2n) is 18.5. The van der Waals surface area contributed by atoms with Gasteiger partial charge in [0.05, 0.1) is 28.7 Å². The minimum Gasteiger partial charge on any atom is -0.497 e. The van der Waals surface area contributed by atoms with E-state index in [0.717, 1.165) is 12.1 Å². The smallest absolute Gasteiger partial charge is 0.425 e. The number of pyridine rings is 1. The van der Waals surface area contributed by atoms with Gasteiger partial charge >= 0.3 is 18.3 Å². The van der Waals surface area contributed by atoms with Gasteiger partial charge in [-0.15, -0.1) is 0 Å². The Hall–Kier alpha value is -5.32. The average Bonchev–Trinajstić information content (AvgIpc) is 3.52. The van der Waals surface area contributed by atoms with Crippen LogP contribution in [0.4, 0.5) is 29.0 Å². The Morgan fingerprint density at radius 1 is 0.869 bits per heavy atom. The molecule has 0 atom stereocenters. The number of hydrogen-bond acceptors (Lipinski definition) is 11. The van der Waals surface area contributed by atoms with Crippen molar-refractivity contribution in [3.8, 4) is 17.0 Å². The van der Waals surface area contributed by atoms with Crippen molar-refractivity contribution in [3.63, 3.8) is 0 Å². The molecule has 1 aliphatic carbocycles. The molecule has 1 fully saturated rings. The highest BCUT2D eigenvalue weighted by molar-refractivity contribution is 7.90. The second-order valence-corrected chi connectivity index (χ2v) is 20.5. The Morgan fingerprint density at radius 2 is 1.46 bits per heavy atom. The number of nitrogens with one attached hydrogen (secondary N) is 1. The van der Waals surface area contributed by atoms with Crippen LogP contribution in [-0.4, -0.2) is 71.4 Å². The number of carbonyl (C=O) groups excluding carboxylic acids is 3. The Balaban J connectivity index is 1.71. The van der Waals surface area contributed by atoms with Gasteiger partial charge < -0.3 is 24.3 Å². The number of imide groups is 1. The van der Waals surface area contributed by atoms with E-state index in [9.17, 15) is 22.8 Å². The predicted molar refractivity (Wildman–Crippen MR) is 226 cm³/mol. The van der Waals surface area contributed by atoms with Crippen molar-refractivity contribution < 1.29 is 50.5 Å². The summed E-state index contributed by atoms with van der Waals surface area (Å²) in [4.78, 5) is 45.9. The van der Waals surface area contributed by atoms with Gasteiger partial charge in [0.25, 0.3) is 0 Å². The standard InChI is InChI=1S/C44H57F2N5O9S/c1-25(2)51-37-32(26-16-18-28(19-17-26)48-39(52)58-42(3,4)5)23-47-38(50(40(53)59-43(6,7)8)41(54)60-44(9,10)11)35(37)36(49-51)31-22-33(45)27(20-34(31)46)24-61(55,56)30-15-13-14-29(21-30)57-12/h13-15,20-23,25-26,28H,16-19,24H2,1-12H3,(H,48,52). The monoisotopic (exact) mass is 869 g/mol. The number of alkyl carbamates (subject to hydrolysis) is 1. The Labute approximate surface area is 356 Å². The van der Waals surface area contributed by atoms with E-state index in [1.54, 1.807) is 79.3 Å². The van der Waals surface area contributed by atoms with Crippen LogP contribution in [0, 0.1) is 11.6 Å². The maximum absolute atomic E-state index is 16.7. The maximum Gasteiger partial charge on any atom is 0.425 e. The minimum atomic E-state index is -4.16. The van der Waals surface area contributed by atoms with Crippen LogP contribution < -0.4 is 15.0 Å². The zero-order valence-electron chi connectivity index (χ0n) is 36.9. The van der Waals surface area contributed by atoms with Gasteiger partial charge in [0, 0.05) is 29.4 Å². The molecule has 332 valence electrons. The summed E-state index contributed by atoms with van der Waals surface area (Å²) in [6.45, 7) is 18.7. The number of fused-ring (bicyclic) bond motifs is 1. The second kappa shape index (κ2) is 17.6. The fourth-order valence-corrected chi connectivity index (χ4v) is 8.44. The molecule has 2 aromatic heterocycles. The van der Waals surface area contributed by atoms with Crippen LogP contribution in [0.25, 0.3) is 22.2 Å². The number of benzene rings is 2. The van der Waals surface area contributed by atoms with Crippen molar-refractivity contribution in [3.05, 3.63) is 65.4 Å². The zero-order valence-corrected chi connectivity index (χ0v) is 37.8. The van der Waals surface area contributed by atoms with Gasteiger partial charge in [0.1, 0.15) is 39.9 Å². The van der Waals surface area contributed by atoms with Gasteiger partial charge in [-0.2, -0.15) is 10.00 Å². The van der Waals surface area contributed by atoms with Gasteiger partial charge in [0.15, 0.2) is 15.7 Å². The first-order chi connectivity index (χ1) is 28.2. The summed E-state index contributed by atoms with van der Waals surface area (Å²) >= 11 is 0. The van der Waals surface area contributed by atoms with E-state index in [2.05, 4.69) is 5.32 Å². The molecule has 4 aromatic rings. The third-order valence-corrected chi connectivity index (χ3v) is 11.3. The molecular formula is C44H57F2N5O9S. The SMILES string of the molecule is COc1cccc(S(=O)(=O)Cc2cc(F)c(-c3nn(C(C)C)c4c(C5CCC(NC(=O)OC(C)(C)C)CC5)cnc(N(C(=O)OC(C)(C)C)C(=O)OC(C)(C)C)c34)cc2F)c1. The number of carbonyl (C=O) groups is 3. The lowest BCUT2D eigenvalue weighted by atomic mass is 9.81. The molecule has 14 nitrogen and oxygen atoms in total. The number of methoxy groups -OCH3 is 1. The summed E-state index contributed by atoms with van der Waals surface area (Å²) in [7, 11) is -2.78. The Kier molecular flexibility index (Phi) is 13.5. The molecule has 0 bridgehead atoms. The first-order valence-corrected chi connectivity index (χ1v) is 21.8. The molecule has 1 aliphatic rings. The van der Waals surface area contributed by atoms with Gasteiger partial charge in [-0.05, 0) is 144 Å². The summed E-state index contributed by atoms with van der Waals surface area (Å²) in [5.41, 5.74) is -2.73. The largest absolute Gasteiger partial charge is 0.497 e. The lowest BCUT2D eigenvalue weighted by molar-refractivity contribution is 0.0425. The van der Waals surface area contributed by atoms with Crippen molar-refractivity contribution in [1.29, 1.82) is 0 Å². The van der Waals surface area contributed by atoms with Crippen LogP contribution in [-0.2, 0) is 29.8 Å². The summed E-state index contributed by atoms with van der Waals surface area (Å²) in [6.07, 6.45) is 1.08. The normalized spacial score (nSPS) is 16.3. The van der Waals surface area contributed by atoms with Crippen LogP contribution >= 0.6 is 0 Å². The molecule has 17 heteroatoms. The molecule has 0 radical (unpaired) electrons. The molecule has 5 rings (SSSR count). The Bertz CT molecular complexity index is 2380. The number of halogens is 2. The minimum absolute atomic E-state index is 0.0342. The lowest BCUT2D eigenvalue weighted by Crippen LogP contribution is -2.44. The van der Waals surface area contributed by atoms with Crippen LogP contribution in [0.15, 0.2) is 47.5 Å². The summed E-state index contributed by atoms with van der Waals surface area (Å²) < 4.78 is 83.3. The highest BCUT2D eigenvalue weighted by Crippen LogP contribution is 2.44. The average molecular weight is 870 g/mol. The molecule has 2 aromatic carbocycles. The van der Waals surface area contributed by atoms with Crippen molar-refractivity contribution in [2.24, 2.45) is 0 Å². The molecule has 61 heavy (non-hydrogen) atoms. The number of hydrogen-bond donors (Lipinski definition) is 1. The summed E-state index contributed by atoms with van der Waals surface area (Å²) in [6, 6.07) is 6.76. The fraction of sp³-hybridized carbons (Fsp3) is 0.523. The van der Waals surface area contributed by atoms with Crippen LogP contribution in [0.3, 0.4) is 0 Å².